The van der Waals surface area contributed by atoms with E-state index in [1.54, 1.807) is 20.8 Å². The number of rotatable bonds is 8. The molecule has 1 heterocycles. The Hall–Kier alpha value is -3.61. The highest BCUT2D eigenvalue weighted by molar-refractivity contribution is 5.88. The van der Waals surface area contributed by atoms with Crippen LogP contribution in [0.5, 0.6) is 0 Å². The van der Waals surface area contributed by atoms with Crippen molar-refractivity contribution >= 4 is 29.2 Å². The number of hydrogen-bond acceptors (Lipinski definition) is 4. The number of aromatic amines is 1. The van der Waals surface area contributed by atoms with Crippen LogP contribution in [0.1, 0.15) is 31.9 Å². The van der Waals surface area contributed by atoms with Gasteiger partial charge in [0, 0.05) is 29.9 Å². The third kappa shape index (κ3) is 6.44. The summed E-state index contributed by atoms with van der Waals surface area (Å²) in [5.74, 6) is -0.448. The van der Waals surface area contributed by atoms with Gasteiger partial charge < -0.3 is 25.1 Å². The number of para-hydroxylation sites is 1. The fraction of sp³-hybridized carbons (Fsp3) is 0.320. The van der Waals surface area contributed by atoms with E-state index in [2.05, 4.69) is 15.6 Å². The van der Waals surface area contributed by atoms with Crippen LogP contribution in [0.4, 0.5) is 4.79 Å². The van der Waals surface area contributed by atoms with E-state index >= 15 is 0 Å². The molecule has 0 aliphatic carbocycles. The smallest absolute Gasteiger partial charge is 0.408 e. The maximum absolute atomic E-state index is 13.1. The molecule has 0 fully saturated rings. The molecule has 7 nitrogen and oxygen atoms in total. The molecule has 0 bridgehead atoms. The second-order valence-corrected chi connectivity index (χ2v) is 8.70. The van der Waals surface area contributed by atoms with Crippen LogP contribution in [-0.4, -0.2) is 41.0 Å². The highest BCUT2D eigenvalue weighted by atomic mass is 16.6. The summed E-state index contributed by atoms with van der Waals surface area (Å²) in [4.78, 5) is 40.3. The van der Waals surface area contributed by atoms with Gasteiger partial charge in [0.05, 0.1) is 6.04 Å². The summed E-state index contributed by atoms with van der Waals surface area (Å²) in [7, 11) is 0. The predicted molar refractivity (Wildman–Crippen MR) is 123 cm³/mol. The van der Waals surface area contributed by atoms with Crippen LogP contribution in [0.2, 0.25) is 0 Å². The van der Waals surface area contributed by atoms with Gasteiger partial charge in [-0.25, -0.2) is 4.79 Å². The Kier molecular flexibility index (Phi) is 7.30. The van der Waals surface area contributed by atoms with Crippen LogP contribution in [0.3, 0.4) is 0 Å². The van der Waals surface area contributed by atoms with Gasteiger partial charge in [-0.15, -0.1) is 0 Å². The lowest BCUT2D eigenvalue weighted by Gasteiger charge is -2.24. The molecule has 2 atom stereocenters. The second-order valence-electron chi connectivity index (χ2n) is 8.70. The molecule has 3 N–H and O–H groups in total. The van der Waals surface area contributed by atoms with Crippen molar-refractivity contribution in [3.05, 3.63) is 71.9 Å². The monoisotopic (exact) mass is 435 g/mol. The highest BCUT2D eigenvalue weighted by Crippen LogP contribution is 2.19. The number of amides is 2. The summed E-state index contributed by atoms with van der Waals surface area (Å²) in [5.41, 5.74) is 2.08. The van der Waals surface area contributed by atoms with Crippen molar-refractivity contribution in [1.29, 1.82) is 0 Å². The van der Waals surface area contributed by atoms with E-state index in [1.807, 2.05) is 60.8 Å². The Morgan fingerprint density at radius 3 is 2.38 bits per heavy atom. The average Bonchev–Trinajstić information content (AvgIpc) is 3.15. The first-order valence-corrected chi connectivity index (χ1v) is 10.6. The predicted octanol–water partition coefficient (Wildman–Crippen LogP) is 3.53. The minimum Gasteiger partial charge on any atom is -0.444 e. The second kappa shape index (κ2) is 10.1. The molecule has 0 saturated carbocycles. The number of hydrogen-bond donors (Lipinski definition) is 3. The number of nitrogens with one attached hydrogen (secondary N) is 3. The van der Waals surface area contributed by atoms with E-state index in [0.29, 0.717) is 12.7 Å². The summed E-state index contributed by atoms with van der Waals surface area (Å²) in [6, 6.07) is 15.5. The van der Waals surface area contributed by atoms with Gasteiger partial charge in [-0.2, -0.15) is 0 Å². The molecule has 0 radical (unpaired) electrons. The molecule has 0 aliphatic rings. The van der Waals surface area contributed by atoms with Crippen molar-refractivity contribution in [2.75, 3.05) is 0 Å². The van der Waals surface area contributed by atoms with Crippen LogP contribution in [0.15, 0.2) is 60.8 Å². The van der Waals surface area contributed by atoms with E-state index < -0.39 is 29.7 Å². The summed E-state index contributed by atoms with van der Waals surface area (Å²) in [6.45, 7) is 5.26. The summed E-state index contributed by atoms with van der Waals surface area (Å²) < 4.78 is 5.32. The van der Waals surface area contributed by atoms with Gasteiger partial charge in [-0.1, -0.05) is 48.5 Å². The molecule has 2 aromatic carbocycles. The lowest BCUT2D eigenvalue weighted by molar-refractivity contribution is -0.125. The largest absolute Gasteiger partial charge is 0.444 e. The number of fused-ring (bicyclic) bond motifs is 1. The standard InChI is InChI=1S/C25H29N3O4/c1-25(2,3)32-24(31)28-22(13-17-9-5-4-6-10-17)23(30)27-19(16-29)14-18-15-26-21-12-8-7-11-20(18)21/h4-12,15-16,19,22,26H,13-14H2,1-3H3,(H,27,30)(H,28,31)/t19-,22-/m0/s1. The molecular formula is C25H29N3O4. The summed E-state index contributed by atoms with van der Waals surface area (Å²) in [5, 5.41) is 6.41. The van der Waals surface area contributed by atoms with E-state index in [1.165, 1.54) is 0 Å². The lowest BCUT2D eigenvalue weighted by Crippen LogP contribution is -2.52. The third-order valence-electron chi connectivity index (χ3n) is 4.90. The zero-order chi connectivity index (χ0) is 23.1. The fourth-order valence-electron chi connectivity index (χ4n) is 3.46. The number of aldehydes is 1. The molecule has 7 heteroatoms. The third-order valence-corrected chi connectivity index (χ3v) is 4.90. The molecule has 0 spiro atoms. The molecule has 3 rings (SSSR count). The van der Waals surface area contributed by atoms with Crippen molar-refractivity contribution < 1.29 is 19.1 Å². The van der Waals surface area contributed by atoms with Crippen LogP contribution in [0, 0.1) is 0 Å². The van der Waals surface area contributed by atoms with Crippen molar-refractivity contribution in [3.8, 4) is 0 Å². The van der Waals surface area contributed by atoms with Gasteiger partial charge in [0.1, 0.15) is 17.9 Å². The molecule has 2 amide bonds. The molecule has 32 heavy (non-hydrogen) atoms. The van der Waals surface area contributed by atoms with Crippen molar-refractivity contribution in [2.45, 2.75) is 51.3 Å². The normalized spacial score (nSPS) is 13.2. The molecule has 3 aromatic rings. The Morgan fingerprint density at radius 2 is 1.69 bits per heavy atom. The molecule has 168 valence electrons. The van der Waals surface area contributed by atoms with Crippen molar-refractivity contribution in [1.82, 2.24) is 15.6 Å². The van der Waals surface area contributed by atoms with Gasteiger partial charge in [-0.05, 0) is 38.0 Å². The molecule has 1 aromatic heterocycles. The minimum absolute atomic E-state index is 0.268. The minimum atomic E-state index is -0.891. The van der Waals surface area contributed by atoms with Crippen LogP contribution < -0.4 is 10.6 Å². The number of carbonyl (C=O) groups is 3. The number of aromatic nitrogens is 1. The Balaban J connectivity index is 1.73. The van der Waals surface area contributed by atoms with E-state index in [4.69, 9.17) is 4.74 Å². The Labute approximate surface area is 187 Å². The Bertz CT molecular complexity index is 1070. The van der Waals surface area contributed by atoms with Crippen LogP contribution in [-0.2, 0) is 27.2 Å². The Morgan fingerprint density at radius 1 is 1.00 bits per heavy atom. The quantitative estimate of drug-likeness (QED) is 0.471. The molecule has 0 saturated heterocycles. The maximum atomic E-state index is 13.1. The molecular weight excluding hydrogens is 406 g/mol. The molecule has 0 aliphatic heterocycles. The first kappa shape index (κ1) is 23.1. The molecule has 0 unspecified atom stereocenters. The zero-order valence-electron chi connectivity index (χ0n) is 18.6. The van der Waals surface area contributed by atoms with E-state index in [-0.39, 0.29) is 6.42 Å². The van der Waals surface area contributed by atoms with Crippen LogP contribution in [0.25, 0.3) is 10.9 Å². The number of alkyl carbamates (subject to hydrolysis) is 1. The summed E-state index contributed by atoms with van der Waals surface area (Å²) in [6.07, 6.45) is 2.47. The SMILES string of the molecule is CC(C)(C)OC(=O)N[C@@H](Cc1ccccc1)C(=O)N[C@H](C=O)Cc1c[nH]c2ccccc12. The maximum Gasteiger partial charge on any atom is 0.408 e. The first-order valence-electron chi connectivity index (χ1n) is 10.6. The van der Waals surface area contributed by atoms with Crippen molar-refractivity contribution in [2.24, 2.45) is 0 Å². The number of benzene rings is 2. The number of carbonyl (C=O) groups excluding carboxylic acids is 3. The van der Waals surface area contributed by atoms with E-state index in [0.717, 1.165) is 22.0 Å². The first-order chi connectivity index (χ1) is 15.2. The van der Waals surface area contributed by atoms with Gasteiger partial charge in [0.15, 0.2) is 0 Å². The van der Waals surface area contributed by atoms with Gasteiger partial charge in [0.2, 0.25) is 5.91 Å². The van der Waals surface area contributed by atoms with Crippen LogP contribution >= 0.6 is 0 Å². The number of ether oxygens (including phenoxy) is 1. The van der Waals surface area contributed by atoms with Gasteiger partial charge >= 0.3 is 6.09 Å². The highest BCUT2D eigenvalue weighted by Gasteiger charge is 2.26. The van der Waals surface area contributed by atoms with Crippen molar-refractivity contribution in [3.63, 3.8) is 0 Å². The van der Waals surface area contributed by atoms with E-state index in [9.17, 15) is 14.4 Å². The lowest BCUT2D eigenvalue weighted by atomic mass is 10.0. The van der Waals surface area contributed by atoms with Gasteiger partial charge in [-0.3, -0.25) is 4.79 Å². The van der Waals surface area contributed by atoms with Gasteiger partial charge in [0.25, 0.3) is 0 Å². The topological polar surface area (TPSA) is 100 Å². The average molecular weight is 436 g/mol. The zero-order valence-corrected chi connectivity index (χ0v) is 18.6. The summed E-state index contributed by atoms with van der Waals surface area (Å²) >= 11 is 0. The fourth-order valence-corrected chi connectivity index (χ4v) is 3.46. The number of H-pyrrole nitrogens is 1.